The molecule has 0 radical (unpaired) electrons. The Morgan fingerprint density at radius 1 is 1.47 bits per heavy atom. The first-order valence-corrected chi connectivity index (χ1v) is 4.29. The van der Waals surface area contributed by atoms with Crippen LogP contribution in [0.3, 0.4) is 0 Å². The maximum Gasteiger partial charge on any atom is 0.289 e. The molecule has 0 bridgehead atoms. The monoisotopic (exact) mass is 204 g/mol. The fraction of sp³-hybridized carbons (Fsp3) is 0.111. The molecular formula is C9H8N4O2. The highest BCUT2D eigenvalue weighted by molar-refractivity contribution is 5.39. The van der Waals surface area contributed by atoms with Gasteiger partial charge < -0.3 is 0 Å². The highest BCUT2D eigenvalue weighted by atomic mass is 16.6. The normalized spacial score (nSPS) is 10.2. The molecule has 0 aliphatic carbocycles. The molecule has 0 aromatic carbocycles. The van der Waals surface area contributed by atoms with Crippen LogP contribution in [0.1, 0.15) is 5.69 Å². The molecule has 2 aromatic rings. The molecule has 0 aliphatic heterocycles. The van der Waals surface area contributed by atoms with Gasteiger partial charge in [0.15, 0.2) is 0 Å². The Hall–Kier alpha value is -2.24. The molecular weight excluding hydrogens is 196 g/mol. The maximum atomic E-state index is 10.5. The Kier molecular flexibility index (Phi) is 2.17. The zero-order valence-corrected chi connectivity index (χ0v) is 7.99. The highest BCUT2D eigenvalue weighted by Crippen LogP contribution is 2.15. The summed E-state index contributed by atoms with van der Waals surface area (Å²) in [6.07, 6.45) is 4.38. The van der Waals surface area contributed by atoms with E-state index in [0.29, 0.717) is 5.69 Å². The van der Waals surface area contributed by atoms with E-state index < -0.39 is 4.92 Å². The molecule has 76 valence electrons. The third-order valence-corrected chi connectivity index (χ3v) is 2.00. The van der Waals surface area contributed by atoms with Gasteiger partial charge in [-0.3, -0.25) is 15.1 Å². The van der Waals surface area contributed by atoms with Gasteiger partial charge in [-0.05, 0) is 13.0 Å². The SMILES string of the molecule is Cc1ccnn1-c1cncc([N+](=O)[O-])c1. The van der Waals surface area contributed by atoms with Gasteiger partial charge >= 0.3 is 0 Å². The molecule has 6 heteroatoms. The zero-order chi connectivity index (χ0) is 10.8. The molecule has 0 fully saturated rings. The number of aromatic nitrogens is 3. The number of nitro groups is 1. The zero-order valence-electron chi connectivity index (χ0n) is 7.99. The molecule has 0 unspecified atom stereocenters. The van der Waals surface area contributed by atoms with Crippen LogP contribution in [0.25, 0.3) is 5.69 Å². The molecule has 6 nitrogen and oxygen atoms in total. The standard InChI is InChI=1S/C9H8N4O2/c1-7-2-3-11-12(7)8-4-9(13(14)15)6-10-5-8/h2-6H,1H3. The molecule has 2 aromatic heterocycles. The quantitative estimate of drug-likeness (QED) is 0.548. The van der Waals surface area contributed by atoms with Crippen molar-refractivity contribution in [2.75, 3.05) is 0 Å². The van der Waals surface area contributed by atoms with E-state index in [1.807, 2.05) is 13.0 Å². The lowest BCUT2D eigenvalue weighted by Crippen LogP contribution is -2.00. The van der Waals surface area contributed by atoms with Crippen molar-refractivity contribution in [3.05, 3.63) is 46.5 Å². The first kappa shape index (κ1) is 9.32. The average molecular weight is 204 g/mol. The van der Waals surface area contributed by atoms with Crippen molar-refractivity contribution in [3.63, 3.8) is 0 Å². The summed E-state index contributed by atoms with van der Waals surface area (Å²) in [6.45, 7) is 1.87. The third-order valence-electron chi connectivity index (χ3n) is 2.00. The lowest BCUT2D eigenvalue weighted by molar-refractivity contribution is -0.385. The minimum atomic E-state index is -0.477. The lowest BCUT2D eigenvalue weighted by Gasteiger charge is -2.02. The minimum absolute atomic E-state index is 0.0394. The predicted octanol–water partition coefficient (Wildman–Crippen LogP) is 1.48. The van der Waals surface area contributed by atoms with Crippen LogP contribution >= 0.6 is 0 Å². The van der Waals surface area contributed by atoms with Gasteiger partial charge in [-0.15, -0.1) is 0 Å². The van der Waals surface area contributed by atoms with Gasteiger partial charge in [-0.25, -0.2) is 4.68 Å². The number of rotatable bonds is 2. The first-order valence-electron chi connectivity index (χ1n) is 4.29. The summed E-state index contributed by atoms with van der Waals surface area (Å²) < 4.78 is 1.60. The molecule has 0 spiro atoms. The van der Waals surface area contributed by atoms with E-state index in [1.165, 1.54) is 18.5 Å². The second-order valence-electron chi connectivity index (χ2n) is 3.04. The Morgan fingerprint density at radius 3 is 2.87 bits per heavy atom. The number of aryl methyl sites for hydroxylation is 1. The van der Waals surface area contributed by atoms with Crippen LogP contribution in [0.15, 0.2) is 30.7 Å². The third kappa shape index (κ3) is 1.69. The van der Waals surface area contributed by atoms with E-state index in [4.69, 9.17) is 0 Å². The van der Waals surface area contributed by atoms with Gasteiger partial charge in [-0.1, -0.05) is 0 Å². The van der Waals surface area contributed by atoms with E-state index in [9.17, 15) is 10.1 Å². The van der Waals surface area contributed by atoms with Crippen LogP contribution in [0.5, 0.6) is 0 Å². The van der Waals surface area contributed by atoms with E-state index in [-0.39, 0.29) is 5.69 Å². The van der Waals surface area contributed by atoms with Gasteiger partial charge in [0.2, 0.25) is 0 Å². The Labute approximate surface area is 85.3 Å². The van der Waals surface area contributed by atoms with Crippen molar-refractivity contribution in [2.45, 2.75) is 6.92 Å². The summed E-state index contributed by atoms with van der Waals surface area (Å²) in [5.41, 5.74) is 1.45. The summed E-state index contributed by atoms with van der Waals surface area (Å²) in [4.78, 5) is 13.9. The van der Waals surface area contributed by atoms with Gasteiger partial charge in [0.25, 0.3) is 5.69 Å². The molecule has 0 N–H and O–H groups in total. The molecule has 0 saturated carbocycles. The summed E-state index contributed by atoms with van der Waals surface area (Å²) in [5.74, 6) is 0. The van der Waals surface area contributed by atoms with Crippen LogP contribution in [-0.2, 0) is 0 Å². The van der Waals surface area contributed by atoms with Crippen LogP contribution in [0, 0.1) is 17.0 Å². The summed E-state index contributed by atoms with van der Waals surface area (Å²) in [6, 6.07) is 3.26. The van der Waals surface area contributed by atoms with Crippen LogP contribution < -0.4 is 0 Å². The van der Waals surface area contributed by atoms with Crippen LogP contribution in [-0.4, -0.2) is 19.7 Å². The highest BCUT2D eigenvalue weighted by Gasteiger charge is 2.08. The predicted molar refractivity (Wildman–Crippen MR) is 52.8 cm³/mol. The van der Waals surface area contributed by atoms with Gasteiger partial charge in [0.05, 0.1) is 16.8 Å². The fourth-order valence-corrected chi connectivity index (χ4v) is 1.27. The van der Waals surface area contributed by atoms with Crippen molar-refractivity contribution in [1.29, 1.82) is 0 Å². The molecule has 15 heavy (non-hydrogen) atoms. The lowest BCUT2D eigenvalue weighted by atomic mass is 10.3. The number of nitrogens with zero attached hydrogens (tertiary/aromatic N) is 4. The summed E-state index contributed by atoms with van der Waals surface area (Å²) in [5, 5.41) is 14.6. The maximum absolute atomic E-state index is 10.5. The van der Waals surface area contributed by atoms with Crippen molar-refractivity contribution in [1.82, 2.24) is 14.8 Å². The molecule has 2 rings (SSSR count). The van der Waals surface area contributed by atoms with E-state index >= 15 is 0 Å². The van der Waals surface area contributed by atoms with Crippen LogP contribution in [0.4, 0.5) is 5.69 Å². The largest absolute Gasteiger partial charge is 0.289 e. The number of hydrogen-bond acceptors (Lipinski definition) is 4. The number of hydrogen-bond donors (Lipinski definition) is 0. The Bertz CT molecular complexity index is 506. The second-order valence-corrected chi connectivity index (χ2v) is 3.04. The van der Waals surface area contributed by atoms with Crippen molar-refractivity contribution >= 4 is 5.69 Å². The smallest absolute Gasteiger partial charge is 0.258 e. The first-order chi connectivity index (χ1) is 7.18. The molecule has 0 aliphatic rings. The van der Waals surface area contributed by atoms with Crippen molar-refractivity contribution < 1.29 is 4.92 Å². The topological polar surface area (TPSA) is 73.8 Å². The van der Waals surface area contributed by atoms with Crippen LogP contribution in [0.2, 0.25) is 0 Å². The second kappa shape index (κ2) is 3.49. The number of pyridine rings is 1. The van der Waals surface area contributed by atoms with E-state index in [2.05, 4.69) is 10.1 Å². The Morgan fingerprint density at radius 2 is 2.27 bits per heavy atom. The molecule has 0 amide bonds. The van der Waals surface area contributed by atoms with Crippen molar-refractivity contribution in [3.8, 4) is 5.69 Å². The van der Waals surface area contributed by atoms with Gasteiger partial charge in [-0.2, -0.15) is 5.10 Å². The molecule has 2 heterocycles. The van der Waals surface area contributed by atoms with E-state index in [1.54, 1.807) is 10.9 Å². The van der Waals surface area contributed by atoms with E-state index in [0.717, 1.165) is 5.69 Å². The summed E-state index contributed by atoms with van der Waals surface area (Å²) in [7, 11) is 0. The Balaban J connectivity index is 2.50. The van der Waals surface area contributed by atoms with Crippen molar-refractivity contribution in [2.24, 2.45) is 0 Å². The molecule has 0 atom stereocenters. The average Bonchev–Trinajstić information content (AvgIpc) is 2.64. The summed E-state index contributed by atoms with van der Waals surface area (Å²) >= 11 is 0. The van der Waals surface area contributed by atoms with Gasteiger partial charge in [0, 0.05) is 18.0 Å². The molecule has 0 saturated heterocycles. The van der Waals surface area contributed by atoms with Gasteiger partial charge in [0.1, 0.15) is 6.20 Å². The minimum Gasteiger partial charge on any atom is -0.258 e. The fourth-order valence-electron chi connectivity index (χ4n) is 1.27.